The van der Waals surface area contributed by atoms with Crippen LogP contribution < -0.4 is 10.5 Å². The normalized spacial score (nSPS) is 10.4. The fraction of sp³-hybridized carbons (Fsp3) is 0.316. The maximum Gasteiger partial charge on any atom is 0.232 e. The third-order valence-corrected chi connectivity index (χ3v) is 4.68. The van der Waals surface area contributed by atoms with Crippen LogP contribution >= 0.6 is 11.8 Å². The molecule has 0 aliphatic heterocycles. The van der Waals surface area contributed by atoms with Gasteiger partial charge in [-0.1, -0.05) is 30.3 Å². The minimum Gasteiger partial charge on any atom is -0.497 e. The number of carbonyl (C=O) groups is 1. The number of carbonyl (C=O) groups excluding carboxylic acids is 1. The zero-order chi connectivity index (χ0) is 17.2. The molecule has 5 heteroatoms. The average molecular weight is 344 g/mol. The van der Waals surface area contributed by atoms with Gasteiger partial charge in [-0.15, -0.1) is 11.8 Å². The van der Waals surface area contributed by atoms with Crippen LogP contribution in [0.4, 0.5) is 0 Å². The Bertz CT molecular complexity index is 617. The molecule has 4 nitrogen and oxygen atoms in total. The third kappa shape index (κ3) is 5.91. The lowest BCUT2D eigenvalue weighted by atomic mass is 10.1. The van der Waals surface area contributed by atoms with E-state index in [2.05, 4.69) is 12.1 Å². The van der Waals surface area contributed by atoms with Gasteiger partial charge in [0.25, 0.3) is 0 Å². The maximum atomic E-state index is 12.5. The number of ether oxygens (including phenoxy) is 1. The van der Waals surface area contributed by atoms with Crippen LogP contribution in [-0.2, 0) is 11.2 Å². The number of methoxy groups -OCH3 is 1. The second-order valence-electron chi connectivity index (χ2n) is 5.37. The zero-order valence-corrected chi connectivity index (χ0v) is 14.8. The number of benzene rings is 2. The van der Waals surface area contributed by atoms with Crippen molar-refractivity contribution in [2.24, 2.45) is 5.73 Å². The molecule has 0 radical (unpaired) electrons. The van der Waals surface area contributed by atoms with Crippen molar-refractivity contribution in [1.82, 2.24) is 4.90 Å². The maximum absolute atomic E-state index is 12.5. The molecule has 0 unspecified atom stereocenters. The van der Waals surface area contributed by atoms with Gasteiger partial charge in [0, 0.05) is 24.5 Å². The monoisotopic (exact) mass is 344 g/mol. The lowest BCUT2D eigenvalue weighted by molar-refractivity contribution is -0.128. The first-order chi connectivity index (χ1) is 11.7. The summed E-state index contributed by atoms with van der Waals surface area (Å²) in [4.78, 5) is 15.4. The SMILES string of the molecule is COc1ccc(SCC(=O)N(CCN)CCc2ccccc2)cc1. The second-order valence-corrected chi connectivity index (χ2v) is 6.42. The Morgan fingerprint density at radius 2 is 1.79 bits per heavy atom. The summed E-state index contributed by atoms with van der Waals surface area (Å²) >= 11 is 1.54. The van der Waals surface area contributed by atoms with Crippen molar-refractivity contribution >= 4 is 17.7 Å². The summed E-state index contributed by atoms with van der Waals surface area (Å²) in [5, 5.41) is 0. The summed E-state index contributed by atoms with van der Waals surface area (Å²) in [5.41, 5.74) is 6.89. The number of thioether (sulfide) groups is 1. The highest BCUT2D eigenvalue weighted by Gasteiger charge is 2.13. The van der Waals surface area contributed by atoms with Gasteiger partial charge >= 0.3 is 0 Å². The Kier molecular flexibility index (Phi) is 7.65. The van der Waals surface area contributed by atoms with Crippen molar-refractivity contribution in [2.45, 2.75) is 11.3 Å². The number of amides is 1. The Labute approximate surface area is 148 Å². The Balaban J connectivity index is 1.85. The van der Waals surface area contributed by atoms with Crippen LogP contribution in [0, 0.1) is 0 Å². The average Bonchev–Trinajstić information content (AvgIpc) is 2.64. The molecular formula is C19H24N2O2S. The van der Waals surface area contributed by atoms with Crippen molar-refractivity contribution in [2.75, 3.05) is 32.5 Å². The molecule has 128 valence electrons. The molecule has 1 amide bonds. The first-order valence-corrected chi connectivity index (χ1v) is 9.00. The Hall–Kier alpha value is -1.98. The van der Waals surface area contributed by atoms with E-state index >= 15 is 0 Å². The van der Waals surface area contributed by atoms with E-state index in [1.807, 2.05) is 47.4 Å². The second kappa shape index (κ2) is 10.0. The predicted octanol–water partition coefficient (Wildman–Crippen LogP) is 2.82. The van der Waals surface area contributed by atoms with Gasteiger partial charge in [0.2, 0.25) is 5.91 Å². The van der Waals surface area contributed by atoms with Crippen LogP contribution in [0.15, 0.2) is 59.5 Å². The number of hydrogen-bond acceptors (Lipinski definition) is 4. The van der Waals surface area contributed by atoms with E-state index in [1.54, 1.807) is 7.11 Å². The predicted molar refractivity (Wildman–Crippen MR) is 99.5 cm³/mol. The van der Waals surface area contributed by atoms with E-state index in [-0.39, 0.29) is 5.91 Å². The van der Waals surface area contributed by atoms with Crippen LogP contribution in [-0.4, -0.2) is 43.3 Å². The highest BCUT2D eigenvalue weighted by atomic mass is 32.2. The first-order valence-electron chi connectivity index (χ1n) is 8.01. The van der Waals surface area contributed by atoms with Gasteiger partial charge in [0.1, 0.15) is 5.75 Å². The topological polar surface area (TPSA) is 55.6 Å². The fourth-order valence-electron chi connectivity index (χ4n) is 2.33. The van der Waals surface area contributed by atoms with Gasteiger partial charge in [0.05, 0.1) is 12.9 Å². The highest BCUT2D eigenvalue weighted by molar-refractivity contribution is 8.00. The summed E-state index contributed by atoms with van der Waals surface area (Å²) in [7, 11) is 1.64. The summed E-state index contributed by atoms with van der Waals surface area (Å²) in [6.07, 6.45) is 0.847. The molecule has 2 N–H and O–H groups in total. The Morgan fingerprint density at radius 3 is 2.42 bits per heavy atom. The molecule has 2 aromatic rings. The summed E-state index contributed by atoms with van der Waals surface area (Å²) in [6, 6.07) is 17.9. The van der Waals surface area contributed by atoms with Crippen molar-refractivity contribution in [3.05, 3.63) is 60.2 Å². The van der Waals surface area contributed by atoms with Crippen LogP contribution in [0.25, 0.3) is 0 Å². The van der Waals surface area contributed by atoms with Crippen LogP contribution in [0.5, 0.6) is 5.75 Å². The van der Waals surface area contributed by atoms with Gasteiger partial charge in [-0.25, -0.2) is 0 Å². The molecule has 0 saturated heterocycles. The largest absolute Gasteiger partial charge is 0.497 e. The van der Waals surface area contributed by atoms with E-state index < -0.39 is 0 Å². The van der Waals surface area contributed by atoms with E-state index in [9.17, 15) is 4.79 Å². The van der Waals surface area contributed by atoms with E-state index in [1.165, 1.54) is 17.3 Å². The van der Waals surface area contributed by atoms with Gasteiger partial charge in [-0.2, -0.15) is 0 Å². The smallest absolute Gasteiger partial charge is 0.232 e. The molecule has 0 atom stereocenters. The number of nitrogens with zero attached hydrogens (tertiary/aromatic N) is 1. The molecule has 0 fully saturated rings. The van der Waals surface area contributed by atoms with E-state index in [0.717, 1.165) is 17.1 Å². The molecule has 0 saturated carbocycles. The van der Waals surface area contributed by atoms with Crippen molar-refractivity contribution < 1.29 is 9.53 Å². The van der Waals surface area contributed by atoms with Crippen LogP contribution in [0.1, 0.15) is 5.56 Å². The molecule has 2 aromatic carbocycles. The van der Waals surface area contributed by atoms with Crippen molar-refractivity contribution in [3.63, 3.8) is 0 Å². The molecular weight excluding hydrogens is 320 g/mol. The molecule has 24 heavy (non-hydrogen) atoms. The van der Waals surface area contributed by atoms with E-state index in [4.69, 9.17) is 10.5 Å². The molecule has 0 spiro atoms. The van der Waals surface area contributed by atoms with Crippen molar-refractivity contribution in [3.8, 4) is 5.75 Å². The summed E-state index contributed by atoms with van der Waals surface area (Å²) in [5.74, 6) is 1.36. The molecule has 0 aromatic heterocycles. The number of hydrogen-bond donors (Lipinski definition) is 1. The van der Waals surface area contributed by atoms with Gasteiger partial charge in [-0.3, -0.25) is 4.79 Å². The lowest BCUT2D eigenvalue weighted by Crippen LogP contribution is -2.38. The first kappa shape index (κ1) is 18.4. The minimum absolute atomic E-state index is 0.122. The number of nitrogens with two attached hydrogens (primary N) is 1. The molecule has 0 bridgehead atoms. The standard InChI is InChI=1S/C19H24N2O2S/c1-23-17-7-9-18(10-8-17)24-15-19(22)21(14-12-20)13-11-16-5-3-2-4-6-16/h2-10H,11-15,20H2,1H3. The Morgan fingerprint density at radius 1 is 1.08 bits per heavy atom. The molecule has 0 heterocycles. The van der Waals surface area contributed by atoms with Gasteiger partial charge < -0.3 is 15.4 Å². The van der Waals surface area contributed by atoms with E-state index in [0.29, 0.717) is 25.4 Å². The van der Waals surface area contributed by atoms with Crippen LogP contribution in [0.2, 0.25) is 0 Å². The number of rotatable bonds is 9. The van der Waals surface area contributed by atoms with Gasteiger partial charge in [-0.05, 0) is 36.2 Å². The fourth-order valence-corrected chi connectivity index (χ4v) is 3.14. The van der Waals surface area contributed by atoms with Crippen LogP contribution in [0.3, 0.4) is 0 Å². The molecule has 0 aliphatic rings. The zero-order valence-electron chi connectivity index (χ0n) is 14.0. The minimum atomic E-state index is 0.122. The third-order valence-electron chi connectivity index (χ3n) is 3.69. The highest BCUT2D eigenvalue weighted by Crippen LogP contribution is 2.21. The summed E-state index contributed by atoms with van der Waals surface area (Å²) < 4.78 is 5.14. The molecule has 2 rings (SSSR count). The molecule has 0 aliphatic carbocycles. The van der Waals surface area contributed by atoms with Crippen molar-refractivity contribution in [1.29, 1.82) is 0 Å². The quantitative estimate of drug-likeness (QED) is 0.711. The summed E-state index contributed by atoms with van der Waals surface area (Å²) in [6.45, 7) is 1.77. The van der Waals surface area contributed by atoms with Gasteiger partial charge in [0.15, 0.2) is 0 Å². The lowest BCUT2D eigenvalue weighted by Gasteiger charge is -2.22.